The number of hydrogen-bond donors (Lipinski definition) is 0. The summed E-state index contributed by atoms with van der Waals surface area (Å²) in [6.07, 6.45) is 2.67. The van der Waals surface area contributed by atoms with Crippen LogP contribution in [0.3, 0.4) is 0 Å². The van der Waals surface area contributed by atoms with Crippen molar-refractivity contribution in [1.82, 2.24) is 0 Å². The summed E-state index contributed by atoms with van der Waals surface area (Å²) in [5.74, 6) is 1.81. The highest BCUT2D eigenvalue weighted by atomic mass is 16.5. The molecule has 0 aliphatic carbocycles. The fraction of sp³-hybridized carbons (Fsp3) is 0.500. The molecule has 0 radical (unpaired) electrons. The molecule has 70 valence electrons. The highest BCUT2D eigenvalue weighted by Gasteiger charge is 2.22. The lowest BCUT2D eigenvalue weighted by Gasteiger charge is -2.12. The third-order valence-corrected chi connectivity index (χ3v) is 2.45. The van der Waals surface area contributed by atoms with Crippen molar-refractivity contribution in [3.05, 3.63) is 29.8 Å². The molecule has 0 spiro atoms. The normalized spacial score (nSPS) is 20.1. The Morgan fingerprint density at radius 2 is 2.15 bits per heavy atom. The van der Waals surface area contributed by atoms with E-state index in [-0.39, 0.29) is 0 Å². The zero-order valence-corrected chi connectivity index (χ0v) is 8.29. The molecule has 0 saturated carbocycles. The van der Waals surface area contributed by atoms with Crippen molar-refractivity contribution in [3.8, 4) is 5.75 Å². The maximum atomic E-state index is 5.82. The van der Waals surface area contributed by atoms with Crippen LogP contribution < -0.4 is 4.74 Å². The van der Waals surface area contributed by atoms with Gasteiger partial charge in [-0.2, -0.15) is 0 Å². The molecule has 0 aromatic heterocycles. The van der Waals surface area contributed by atoms with Crippen LogP contribution in [-0.4, -0.2) is 6.10 Å². The molecule has 1 aliphatic heterocycles. The molecule has 1 aromatic carbocycles. The fourth-order valence-electron chi connectivity index (χ4n) is 1.91. The van der Waals surface area contributed by atoms with Gasteiger partial charge in [0.25, 0.3) is 0 Å². The number of para-hydroxylation sites is 1. The molecule has 1 aromatic rings. The van der Waals surface area contributed by atoms with E-state index < -0.39 is 0 Å². The van der Waals surface area contributed by atoms with Gasteiger partial charge >= 0.3 is 0 Å². The number of benzene rings is 1. The summed E-state index contributed by atoms with van der Waals surface area (Å²) in [7, 11) is 0. The predicted molar refractivity (Wildman–Crippen MR) is 54.0 cm³/mol. The summed E-state index contributed by atoms with van der Waals surface area (Å²) in [5.41, 5.74) is 1.37. The summed E-state index contributed by atoms with van der Waals surface area (Å²) >= 11 is 0. The molecular weight excluding hydrogens is 160 g/mol. The van der Waals surface area contributed by atoms with Crippen molar-refractivity contribution in [2.24, 2.45) is 5.92 Å². The fourth-order valence-corrected chi connectivity index (χ4v) is 1.91. The van der Waals surface area contributed by atoms with Crippen LogP contribution in [0.4, 0.5) is 0 Å². The monoisotopic (exact) mass is 176 g/mol. The Morgan fingerprint density at radius 1 is 1.38 bits per heavy atom. The zero-order chi connectivity index (χ0) is 9.26. The van der Waals surface area contributed by atoms with E-state index in [0.717, 1.165) is 24.5 Å². The van der Waals surface area contributed by atoms with E-state index in [1.807, 2.05) is 6.07 Å². The molecule has 1 heteroatoms. The Kier molecular flexibility index (Phi) is 2.26. The van der Waals surface area contributed by atoms with E-state index in [4.69, 9.17) is 4.74 Å². The van der Waals surface area contributed by atoms with Crippen molar-refractivity contribution in [2.45, 2.75) is 32.8 Å². The van der Waals surface area contributed by atoms with Crippen molar-refractivity contribution in [1.29, 1.82) is 0 Å². The van der Waals surface area contributed by atoms with Crippen molar-refractivity contribution >= 4 is 0 Å². The third-order valence-electron chi connectivity index (χ3n) is 2.45. The van der Waals surface area contributed by atoms with Crippen molar-refractivity contribution in [2.75, 3.05) is 0 Å². The van der Waals surface area contributed by atoms with Gasteiger partial charge in [-0.25, -0.2) is 0 Å². The maximum absolute atomic E-state index is 5.82. The maximum Gasteiger partial charge on any atom is 0.123 e. The largest absolute Gasteiger partial charge is 0.490 e. The van der Waals surface area contributed by atoms with Crippen molar-refractivity contribution in [3.63, 3.8) is 0 Å². The van der Waals surface area contributed by atoms with E-state index in [1.165, 1.54) is 5.56 Å². The molecule has 0 fully saturated rings. The number of fused-ring (bicyclic) bond motifs is 1. The summed E-state index contributed by atoms with van der Waals surface area (Å²) in [6.45, 7) is 4.48. The lowest BCUT2D eigenvalue weighted by molar-refractivity contribution is 0.202. The van der Waals surface area contributed by atoms with Gasteiger partial charge in [-0.1, -0.05) is 32.0 Å². The Balaban J connectivity index is 2.05. The van der Waals surface area contributed by atoms with Crippen LogP contribution in [0.2, 0.25) is 0 Å². The standard InChI is InChI=1S/C12H16O/c1-9(2)7-11-8-10-5-3-4-6-12(10)13-11/h3-6,9,11H,7-8H2,1-2H3. The average molecular weight is 176 g/mol. The van der Waals surface area contributed by atoms with Gasteiger partial charge < -0.3 is 4.74 Å². The minimum absolute atomic E-state index is 0.414. The average Bonchev–Trinajstić information content (AvgIpc) is 2.44. The molecule has 1 aliphatic rings. The van der Waals surface area contributed by atoms with Gasteiger partial charge in [0.1, 0.15) is 11.9 Å². The van der Waals surface area contributed by atoms with Gasteiger partial charge in [0.05, 0.1) is 0 Å². The molecule has 1 atom stereocenters. The lowest BCUT2D eigenvalue weighted by atomic mass is 10.0. The Hall–Kier alpha value is -0.980. The van der Waals surface area contributed by atoms with Gasteiger partial charge in [-0.15, -0.1) is 0 Å². The first-order valence-electron chi connectivity index (χ1n) is 5.00. The summed E-state index contributed by atoms with van der Waals surface area (Å²) in [4.78, 5) is 0. The van der Waals surface area contributed by atoms with Gasteiger partial charge in [-0.05, 0) is 24.0 Å². The molecule has 0 amide bonds. The van der Waals surface area contributed by atoms with Crippen LogP contribution in [0.15, 0.2) is 24.3 Å². The first-order valence-corrected chi connectivity index (χ1v) is 5.00. The number of rotatable bonds is 2. The Labute approximate surface area is 79.7 Å². The first-order chi connectivity index (χ1) is 6.25. The molecule has 1 heterocycles. The van der Waals surface area contributed by atoms with Crippen LogP contribution in [0.5, 0.6) is 5.75 Å². The minimum atomic E-state index is 0.414. The zero-order valence-electron chi connectivity index (χ0n) is 8.29. The highest BCUT2D eigenvalue weighted by Crippen LogP contribution is 2.30. The van der Waals surface area contributed by atoms with Crippen LogP contribution in [0, 0.1) is 5.92 Å². The second kappa shape index (κ2) is 3.41. The molecular formula is C12H16O. The molecule has 0 N–H and O–H groups in total. The minimum Gasteiger partial charge on any atom is -0.490 e. The van der Waals surface area contributed by atoms with Crippen LogP contribution in [-0.2, 0) is 6.42 Å². The number of ether oxygens (including phenoxy) is 1. The highest BCUT2D eigenvalue weighted by molar-refractivity contribution is 5.37. The smallest absolute Gasteiger partial charge is 0.123 e. The topological polar surface area (TPSA) is 9.23 Å². The van der Waals surface area contributed by atoms with E-state index in [2.05, 4.69) is 32.0 Å². The first kappa shape index (κ1) is 8.61. The van der Waals surface area contributed by atoms with Crippen LogP contribution in [0.1, 0.15) is 25.8 Å². The summed E-state index contributed by atoms with van der Waals surface area (Å²) < 4.78 is 5.82. The molecule has 1 unspecified atom stereocenters. The summed E-state index contributed by atoms with van der Waals surface area (Å²) in [5, 5.41) is 0. The van der Waals surface area contributed by atoms with E-state index in [9.17, 15) is 0 Å². The van der Waals surface area contributed by atoms with Crippen LogP contribution >= 0.6 is 0 Å². The SMILES string of the molecule is CC(C)CC1Cc2ccccc2O1. The second-order valence-electron chi connectivity index (χ2n) is 4.18. The van der Waals surface area contributed by atoms with Crippen LogP contribution in [0.25, 0.3) is 0 Å². The second-order valence-corrected chi connectivity index (χ2v) is 4.18. The van der Waals surface area contributed by atoms with Crippen molar-refractivity contribution < 1.29 is 4.74 Å². The third kappa shape index (κ3) is 1.85. The van der Waals surface area contributed by atoms with Gasteiger partial charge in [0.15, 0.2) is 0 Å². The van der Waals surface area contributed by atoms with Gasteiger partial charge in [-0.3, -0.25) is 0 Å². The molecule has 0 saturated heterocycles. The van der Waals surface area contributed by atoms with E-state index in [1.54, 1.807) is 0 Å². The Bertz CT molecular complexity index is 266. The molecule has 1 nitrogen and oxygen atoms in total. The van der Waals surface area contributed by atoms with E-state index >= 15 is 0 Å². The molecule has 2 rings (SSSR count). The van der Waals surface area contributed by atoms with Gasteiger partial charge in [0.2, 0.25) is 0 Å². The lowest BCUT2D eigenvalue weighted by Crippen LogP contribution is -2.15. The van der Waals surface area contributed by atoms with Gasteiger partial charge in [0, 0.05) is 6.42 Å². The van der Waals surface area contributed by atoms with E-state index in [0.29, 0.717) is 6.10 Å². The predicted octanol–water partition coefficient (Wildman–Crippen LogP) is 3.04. The quantitative estimate of drug-likeness (QED) is 0.673. The number of hydrogen-bond acceptors (Lipinski definition) is 1. The summed E-state index contributed by atoms with van der Waals surface area (Å²) in [6, 6.07) is 8.35. The Morgan fingerprint density at radius 3 is 2.85 bits per heavy atom. The molecule has 13 heavy (non-hydrogen) atoms. The molecule has 0 bridgehead atoms.